The highest BCUT2D eigenvalue weighted by Crippen LogP contribution is 2.29. The van der Waals surface area contributed by atoms with Gasteiger partial charge in [0, 0.05) is 10.6 Å². The van der Waals surface area contributed by atoms with Gasteiger partial charge in [-0.15, -0.1) is 0 Å². The predicted octanol–water partition coefficient (Wildman–Crippen LogP) is 4.79. The van der Waals surface area contributed by atoms with Crippen molar-refractivity contribution in [1.82, 2.24) is 0 Å². The molecule has 0 aliphatic heterocycles. The number of hydrogen-bond donors (Lipinski definition) is 2. The van der Waals surface area contributed by atoms with Crippen LogP contribution in [0.25, 0.3) is 0 Å². The zero-order valence-corrected chi connectivity index (χ0v) is 12.8. The molecule has 0 saturated heterocycles. The fraction of sp³-hybridized carbons (Fsp3) is 0.0714. The van der Waals surface area contributed by atoms with Gasteiger partial charge in [0.05, 0.1) is 21.4 Å². The second kappa shape index (κ2) is 5.92. The molecular formula is C14H11Cl3N2O. The highest BCUT2D eigenvalue weighted by molar-refractivity contribution is 6.36. The van der Waals surface area contributed by atoms with Crippen molar-refractivity contribution < 1.29 is 4.79 Å². The van der Waals surface area contributed by atoms with Crippen LogP contribution in [0.3, 0.4) is 0 Å². The zero-order chi connectivity index (χ0) is 14.9. The Morgan fingerprint density at radius 1 is 1.05 bits per heavy atom. The van der Waals surface area contributed by atoms with Crippen LogP contribution in [0.5, 0.6) is 0 Å². The van der Waals surface area contributed by atoms with E-state index in [4.69, 9.17) is 40.5 Å². The highest BCUT2D eigenvalue weighted by atomic mass is 35.5. The largest absolute Gasteiger partial charge is 0.398 e. The lowest BCUT2D eigenvalue weighted by molar-refractivity contribution is 0.102. The standard InChI is InChI=1S/C14H11Cl3N2O/c1-7-4-11(17)13(6-9(7)15)19-14(20)8-2-3-12(18)10(16)5-8/h2-6H,18H2,1H3,(H,19,20). The average molecular weight is 330 g/mol. The van der Waals surface area contributed by atoms with E-state index < -0.39 is 0 Å². The molecule has 104 valence electrons. The molecule has 0 aliphatic rings. The lowest BCUT2D eigenvalue weighted by atomic mass is 10.1. The van der Waals surface area contributed by atoms with Gasteiger partial charge in [0.25, 0.3) is 5.91 Å². The molecule has 6 heteroatoms. The Morgan fingerprint density at radius 3 is 2.40 bits per heavy atom. The van der Waals surface area contributed by atoms with Crippen LogP contribution in [0.4, 0.5) is 11.4 Å². The maximum atomic E-state index is 12.1. The Bertz CT molecular complexity index is 686. The third-order valence-electron chi connectivity index (χ3n) is 2.76. The minimum absolute atomic E-state index is 0.325. The van der Waals surface area contributed by atoms with Crippen LogP contribution in [0, 0.1) is 6.92 Å². The first kappa shape index (κ1) is 15.0. The first-order chi connectivity index (χ1) is 9.38. The molecule has 2 aromatic rings. The summed E-state index contributed by atoms with van der Waals surface area (Å²) in [7, 11) is 0. The van der Waals surface area contributed by atoms with E-state index in [1.807, 2.05) is 6.92 Å². The molecule has 2 rings (SSSR count). The third-order valence-corrected chi connectivity index (χ3v) is 3.81. The molecule has 0 bridgehead atoms. The van der Waals surface area contributed by atoms with E-state index in [2.05, 4.69) is 5.32 Å². The lowest BCUT2D eigenvalue weighted by Crippen LogP contribution is -2.12. The third kappa shape index (κ3) is 3.18. The van der Waals surface area contributed by atoms with Crippen LogP contribution in [0.15, 0.2) is 30.3 Å². The summed E-state index contributed by atoms with van der Waals surface area (Å²) in [5.41, 5.74) is 7.69. The molecule has 3 nitrogen and oxygen atoms in total. The van der Waals surface area contributed by atoms with Crippen LogP contribution in [0.1, 0.15) is 15.9 Å². The quantitative estimate of drug-likeness (QED) is 0.778. The van der Waals surface area contributed by atoms with Gasteiger partial charge < -0.3 is 11.1 Å². The number of carbonyl (C=O) groups excluding carboxylic acids is 1. The zero-order valence-electron chi connectivity index (χ0n) is 10.5. The number of carbonyl (C=O) groups is 1. The van der Waals surface area contributed by atoms with Gasteiger partial charge in [0.15, 0.2) is 0 Å². The fourth-order valence-electron chi connectivity index (χ4n) is 1.60. The van der Waals surface area contributed by atoms with Crippen LogP contribution in [0.2, 0.25) is 15.1 Å². The monoisotopic (exact) mass is 328 g/mol. The minimum Gasteiger partial charge on any atom is -0.398 e. The van der Waals surface area contributed by atoms with Crippen molar-refractivity contribution in [2.45, 2.75) is 6.92 Å². The summed E-state index contributed by atoms with van der Waals surface area (Å²) in [5, 5.41) is 3.96. The number of nitrogen functional groups attached to an aromatic ring is 1. The Labute approximate surface area is 131 Å². The Morgan fingerprint density at radius 2 is 1.75 bits per heavy atom. The first-order valence-electron chi connectivity index (χ1n) is 5.70. The van der Waals surface area contributed by atoms with E-state index in [0.717, 1.165) is 5.56 Å². The van der Waals surface area contributed by atoms with Crippen molar-refractivity contribution in [2.24, 2.45) is 0 Å². The molecule has 0 unspecified atom stereocenters. The van der Waals surface area contributed by atoms with Crippen molar-refractivity contribution in [3.63, 3.8) is 0 Å². The summed E-state index contributed by atoms with van der Waals surface area (Å²) in [6.07, 6.45) is 0. The Kier molecular flexibility index (Phi) is 4.43. The Hall–Kier alpha value is -1.42. The molecule has 0 saturated carbocycles. The van der Waals surface area contributed by atoms with Crippen LogP contribution in [-0.2, 0) is 0 Å². The van der Waals surface area contributed by atoms with Gasteiger partial charge in [0.2, 0.25) is 0 Å². The summed E-state index contributed by atoms with van der Waals surface area (Å²) in [6, 6.07) is 7.95. The van der Waals surface area contributed by atoms with Gasteiger partial charge in [-0.2, -0.15) is 0 Å². The average Bonchev–Trinajstić information content (AvgIpc) is 2.39. The maximum absolute atomic E-state index is 12.1. The van der Waals surface area contributed by atoms with Gasteiger partial charge >= 0.3 is 0 Å². The summed E-state index contributed by atoms with van der Waals surface area (Å²) in [4.78, 5) is 12.1. The van der Waals surface area contributed by atoms with Crippen molar-refractivity contribution in [3.8, 4) is 0 Å². The number of hydrogen-bond acceptors (Lipinski definition) is 2. The lowest BCUT2D eigenvalue weighted by Gasteiger charge is -2.10. The molecule has 0 fully saturated rings. The van der Waals surface area contributed by atoms with Gasteiger partial charge in [-0.05, 0) is 42.8 Å². The predicted molar refractivity (Wildman–Crippen MR) is 85.0 cm³/mol. The molecule has 0 radical (unpaired) electrons. The van der Waals surface area contributed by atoms with Crippen molar-refractivity contribution in [3.05, 3.63) is 56.5 Å². The van der Waals surface area contributed by atoms with Gasteiger partial charge in [-0.1, -0.05) is 34.8 Å². The minimum atomic E-state index is -0.339. The van der Waals surface area contributed by atoms with Crippen LogP contribution >= 0.6 is 34.8 Å². The summed E-state index contributed by atoms with van der Waals surface area (Å²) < 4.78 is 0. The van der Waals surface area contributed by atoms with Gasteiger partial charge in [0.1, 0.15) is 0 Å². The van der Waals surface area contributed by atoms with Crippen molar-refractivity contribution in [2.75, 3.05) is 11.1 Å². The van der Waals surface area contributed by atoms with E-state index in [0.29, 0.717) is 32.0 Å². The Balaban J connectivity index is 2.27. The van der Waals surface area contributed by atoms with E-state index in [9.17, 15) is 4.79 Å². The number of halogens is 3. The molecule has 1 amide bonds. The molecule has 0 aliphatic carbocycles. The fourth-order valence-corrected chi connectivity index (χ4v) is 2.21. The van der Waals surface area contributed by atoms with Crippen molar-refractivity contribution in [1.29, 1.82) is 0 Å². The summed E-state index contributed by atoms with van der Waals surface area (Å²) in [5.74, 6) is -0.339. The highest BCUT2D eigenvalue weighted by Gasteiger charge is 2.11. The van der Waals surface area contributed by atoms with E-state index in [1.165, 1.54) is 6.07 Å². The number of amides is 1. The first-order valence-corrected chi connectivity index (χ1v) is 6.84. The van der Waals surface area contributed by atoms with Gasteiger partial charge in [-0.25, -0.2) is 0 Å². The van der Waals surface area contributed by atoms with Crippen LogP contribution < -0.4 is 11.1 Å². The topological polar surface area (TPSA) is 55.1 Å². The number of benzene rings is 2. The molecular weight excluding hydrogens is 319 g/mol. The van der Waals surface area contributed by atoms with Crippen molar-refractivity contribution >= 4 is 52.1 Å². The van der Waals surface area contributed by atoms with E-state index in [1.54, 1.807) is 24.3 Å². The summed E-state index contributed by atoms with van der Waals surface area (Å²) >= 11 is 18.0. The SMILES string of the molecule is Cc1cc(Cl)c(NC(=O)c2ccc(N)c(Cl)c2)cc1Cl. The second-order valence-corrected chi connectivity index (χ2v) is 5.49. The second-order valence-electron chi connectivity index (χ2n) is 4.27. The molecule has 0 spiro atoms. The number of anilines is 2. The molecule has 20 heavy (non-hydrogen) atoms. The van der Waals surface area contributed by atoms with E-state index in [-0.39, 0.29) is 5.91 Å². The van der Waals surface area contributed by atoms with Gasteiger partial charge in [-0.3, -0.25) is 4.79 Å². The molecule has 3 N–H and O–H groups in total. The number of aryl methyl sites for hydroxylation is 1. The van der Waals surface area contributed by atoms with E-state index >= 15 is 0 Å². The number of nitrogens with two attached hydrogens (primary N) is 1. The number of nitrogens with one attached hydrogen (secondary N) is 1. The smallest absolute Gasteiger partial charge is 0.255 e. The normalized spacial score (nSPS) is 10.4. The maximum Gasteiger partial charge on any atom is 0.255 e. The molecule has 0 heterocycles. The molecule has 0 aromatic heterocycles. The molecule has 2 aromatic carbocycles. The molecule has 0 atom stereocenters. The summed E-state index contributed by atoms with van der Waals surface area (Å²) in [6.45, 7) is 1.83. The van der Waals surface area contributed by atoms with Crippen LogP contribution in [-0.4, -0.2) is 5.91 Å². The number of rotatable bonds is 2.